The van der Waals surface area contributed by atoms with Crippen LogP contribution in [0, 0.1) is 0 Å². The Hall–Kier alpha value is -0.710. The lowest BCUT2D eigenvalue weighted by Gasteiger charge is -2.10. The number of carbonyl (C=O) groups excluding carboxylic acids is 1. The molecule has 1 aliphatic rings. The van der Waals surface area contributed by atoms with Gasteiger partial charge in [0.05, 0.1) is 13.2 Å². The summed E-state index contributed by atoms with van der Waals surface area (Å²) in [5, 5.41) is 0. The van der Waals surface area contributed by atoms with Gasteiger partial charge in [-0.1, -0.05) is 0 Å². The molecule has 1 atom stereocenters. The van der Waals surface area contributed by atoms with Gasteiger partial charge in [0, 0.05) is 0 Å². The lowest BCUT2D eigenvalue weighted by molar-refractivity contribution is -0.133. The average Bonchev–Trinajstić information content (AvgIpc) is 2.73. The van der Waals surface area contributed by atoms with Crippen molar-refractivity contribution in [1.29, 1.82) is 0 Å². The van der Waals surface area contributed by atoms with Gasteiger partial charge in [0.25, 0.3) is 5.50 Å². The van der Waals surface area contributed by atoms with Crippen LogP contribution in [-0.4, -0.2) is 50.7 Å². The van der Waals surface area contributed by atoms with Crippen molar-refractivity contribution in [2.75, 3.05) is 20.0 Å². The minimum absolute atomic E-state index is 0.500. The lowest BCUT2D eigenvalue weighted by Crippen LogP contribution is -2.37. The van der Waals surface area contributed by atoms with E-state index in [2.05, 4.69) is 0 Å². The largest absolute Gasteiger partial charge is 0.353 e. The van der Waals surface area contributed by atoms with Crippen molar-refractivity contribution < 1.29 is 40.4 Å². The lowest BCUT2D eigenvalue weighted by atomic mass is 10.4. The third-order valence-electron chi connectivity index (χ3n) is 1.26. The van der Waals surface area contributed by atoms with Crippen LogP contribution < -0.4 is 0 Å². The van der Waals surface area contributed by atoms with E-state index in [-0.39, 0.29) is 0 Å². The first-order chi connectivity index (χ1) is 7.22. The van der Waals surface area contributed by atoms with Crippen LogP contribution >= 0.6 is 0 Å². The second-order valence-electron chi connectivity index (χ2n) is 2.56. The van der Waals surface area contributed by atoms with E-state index in [0.717, 1.165) is 13.2 Å². The van der Waals surface area contributed by atoms with Crippen molar-refractivity contribution in [3.63, 3.8) is 0 Å². The van der Waals surface area contributed by atoms with Crippen molar-refractivity contribution >= 4 is 16.4 Å². The highest BCUT2D eigenvalue weighted by molar-refractivity contribution is 7.86. The summed E-state index contributed by atoms with van der Waals surface area (Å²) in [5.41, 5.74) is -3.90. The fourth-order valence-corrected chi connectivity index (χ4v) is 0.999. The van der Waals surface area contributed by atoms with Gasteiger partial charge >= 0.3 is 16.0 Å². The maximum absolute atomic E-state index is 11.9. The third-order valence-corrected chi connectivity index (χ3v) is 2.10. The first-order valence-corrected chi connectivity index (χ1v) is 5.32. The molecule has 0 aromatic carbocycles. The van der Waals surface area contributed by atoms with Crippen molar-refractivity contribution in [1.82, 2.24) is 0 Å². The molecule has 0 spiro atoms. The van der Waals surface area contributed by atoms with Gasteiger partial charge < -0.3 is 9.47 Å². The number of hydrogen-bond acceptors (Lipinski definition) is 5. The second kappa shape index (κ2) is 6.13. The van der Waals surface area contributed by atoms with Crippen LogP contribution in [0.4, 0.5) is 13.2 Å². The Labute approximate surface area is 89.1 Å². The number of hydrogen-bond donors (Lipinski definition) is 1. The highest BCUT2D eigenvalue weighted by atomic mass is 32.2. The SMILES string of the molecule is C1COCO1.O=CC(F)(F)C(F)S(=O)(=O)O. The van der Waals surface area contributed by atoms with Crippen molar-refractivity contribution in [3.05, 3.63) is 0 Å². The molecule has 10 heteroatoms. The zero-order valence-corrected chi connectivity index (χ0v) is 8.62. The molecule has 16 heavy (non-hydrogen) atoms. The number of aldehydes is 1. The number of alkyl halides is 3. The van der Waals surface area contributed by atoms with Crippen LogP contribution in [0.25, 0.3) is 0 Å². The van der Waals surface area contributed by atoms with Gasteiger partial charge in [-0.15, -0.1) is 0 Å². The smallest absolute Gasteiger partial charge is 0.349 e. The van der Waals surface area contributed by atoms with Gasteiger partial charge in [-0.2, -0.15) is 17.2 Å². The van der Waals surface area contributed by atoms with Gasteiger partial charge in [0.2, 0.25) is 0 Å². The fourth-order valence-electron chi connectivity index (χ4n) is 0.547. The predicted octanol–water partition coefficient (Wildman–Crippen LogP) is -0.00530. The maximum atomic E-state index is 11.9. The fraction of sp³-hybridized carbons (Fsp3) is 0.833. The molecule has 96 valence electrons. The minimum Gasteiger partial charge on any atom is -0.353 e. The van der Waals surface area contributed by atoms with Crippen LogP contribution in [-0.2, 0) is 24.4 Å². The van der Waals surface area contributed by atoms with E-state index in [1.807, 2.05) is 0 Å². The first kappa shape index (κ1) is 15.3. The highest BCUT2D eigenvalue weighted by Gasteiger charge is 2.48. The van der Waals surface area contributed by atoms with E-state index in [9.17, 15) is 26.4 Å². The quantitative estimate of drug-likeness (QED) is 0.571. The molecular formula is C6H9F3O6S. The van der Waals surface area contributed by atoms with E-state index >= 15 is 0 Å². The number of carbonyl (C=O) groups is 1. The number of ether oxygens (including phenoxy) is 2. The van der Waals surface area contributed by atoms with Gasteiger partial charge in [-0.3, -0.25) is 9.35 Å². The highest BCUT2D eigenvalue weighted by Crippen LogP contribution is 2.22. The molecule has 1 N–H and O–H groups in total. The molecule has 0 amide bonds. The molecule has 1 aliphatic heterocycles. The average molecular weight is 266 g/mol. The Bertz CT molecular complexity index is 305. The van der Waals surface area contributed by atoms with Gasteiger partial charge in [-0.05, 0) is 0 Å². The molecule has 1 fully saturated rings. The standard InChI is InChI=1S/C3H3F3O4S.C3H6O2/c4-2(11(8,9)10)3(5,6)1-7;1-2-5-3-4-1/h1-2H,(H,8,9,10);1-3H2. The van der Waals surface area contributed by atoms with Crippen LogP contribution in [0.3, 0.4) is 0 Å². The minimum atomic E-state index is -5.52. The number of halogens is 3. The molecule has 1 heterocycles. The zero-order valence-electron chi connectivity index (χ0n) is 7.81. The summed E-state index contributed by atoms with van der Waals surface area (Å²) >= 11 is 0. The van der Waals surface area contributed by atoms with Crippen LogP contribution in [0.1, 0.15) is 0 Å². The third kappa shape index (κ3) is 5.39. The first-order valence-electron chi connectivity index (χ1n) is 3.82. The van der Waals surface area contributed by atoms with Crippen molar-refractivity contribution in [2.24, 2.45) is 0 Å². The monoisotopic (exact) mass is 266 g/mol. The Kier molecular flexibility index (Phi) is 5.86. The predicted molar refractivity (Wildman–Crippen MR) is 44.2 cm³/mol. The Morgan fingerprint density at radius 3 is 1.88 bits per heavy atom. The van der Waals surface area contributed by atoms with E-state index < -0.39 is 27.8 Å². The van der Waals surface area contributed by atoms with E-state index in [1.165, 1.54) is 0 Å². The van der Waals surface area contributed by atoms with Crippen LogP contribution in [0.15, 0.2) is 0 Å². The summed E-state index contributed by atoms with van der Waals surface area (Å²) in [5.74, 6) is -4.70. The molecule has 1 rings (SSSR count). The normalized spacial score (nSPS) is 18.5. The van der Waals surface area contributed by atoms with E-state index in [0.29, 0.717) is 6.79 Å². The molecule has 0 saturated carbocycles. The second-order valence-corrected chi connectivity index (χ2v) is 4.00. The summed E-state index contributed by atoms with van der Waals surface area (Å²) < 4.78 is 71.9. The molecule has 0 aliphatic carbocycles. The van der Waals surface area contributed by atoms with E-state index in [4.69, 9.17) is 14.0 Å². The molecule has 0 aromatic rings. The molecule has 6 nitrogen and oxygen atoms in total. The summed E-state index contributed by atoms with van der Waals surface area (Å²) in [4.78, 5) is 9.35. The molecule has 0 radical (unpaired) electrons. The van der Waals surface area contributed by atoms with Gasteiger partial charge in [0.1, 0.15) is 6.79 Å². The maximum Gasteiger partial charge on any atom is 0.349 e. The summed E-state index contributed by atoms with van der Waals surface area (Å²) in [7, 11) is -5.52. The molecule has 0 bridgehead atoms. The zero-order chi connectivity index (χ0) is 12.8. The molecule has 1 saturated heterocycles. The Morgan fingerprint density at radius 2 is 1.75 bits per heavy atom. The van der Waals surface area contributed by atoms with Gasteiger partial charge in [-0.25, -0.2) is 4.39 Å². The molecular weight excluding hydrogens is 257 g/mol. The Morgan fingerprint density at radius 1 is 1.31 bits per heavy atom. The van der Waals surface area contributed by atoms with E-state index in [1.54, 1.807) is 0 Å². The topological polar surface area (TPSA) is 89.9 Å². The summed E-state index contributed by atoms with van der Waals surface area (Å²) in [6.07, 6.45) is -1.19. The number of rotatable bonds is 3. The summed E-state index contributed by atoms with van der Waals surface area (Å²) in [6.45, 7) is 2.06. The van der Waals surface area contributed by atoms with Crippen molar-refractivity contribution in [3.8, 4) is 0 Å². The van der Waals surface area contributed by atoms with Crippen LogP contribution in [0.5, 0.6) is 0 Å². The molecule has 0 aromatic heterocycles. The summed E-state index contributed by atoms with van der Waals surface area (Å²) in [6, 6.07) is 0. The molecule has 1 unspecified atom stereocenters. The Balaban J connectivity index is 0.000000368. The van der Waals surface area contributed by atoms with Crippen LogP contribution in [0.2, 0.25) is 0 Å². The van der Waals surface area contributed by atoms with Crippen molar-refractivity contribution in [2.45, 2.75) is 11.4 Å². The van der Waals surface area contributed by atoms with Gasteiger partial charge in [0.15, 0.2) is 6.29 Å².